The van der Waals surface area contributed by atoms with E-state index in [0.717, 1.165) is 41.2 Å². The van der Waals surface area contributed by atoms with Gasteiger partial charge in [0.1, 0.15) is 11.5 Å². The number of hydrogen-bond donors (Lipinski definition) is 0. The quantitative estimate of drug-likeness (QED) is 0.439. The van der Waals surface area contributed by atoms with Gasteiger partial charge in [0.05, 0.1) is 25.3 Å². The number of carbonyl (C=O) groups is 1. The van der Waals surface area contributed by atoms with Crippen molar-refractivity contribution in [3.63, 3.8) is 0 Å². The zero-order valence-corrected chi connectivity index (χ0v) is 19.7. The van der Waals surface area contributed by atoms with E-state index in [0.29, 0.717) is 18.9 Å². The molecule has 0 amide bonds. The van der Waals surface area contributed by atoms with Gasteiger partial charge in [-0.25, -0.2) is 4.98 Å². The highest BCUT2D eigenvalue weighted by molar-refractivity contribution is 5.73. The van der Waals surface area contributed by atoms with Crippen LogP contribution in [0.25, 0.3) is 11.5 Å². The third kappa shape index (κ3) is 5.58. The summed E-state index contributed by atoms with van der Waals surface area (Å²) in [5.41, 5.74) is 4.15. The Balaban J connectivity index is 1.61. The number of ether oxygens (including phenoxy) is 2. The molecule has 5 nitrogen and oxygen atoms in total. The maximum absolute atomic E-state index is 12.2. The molecular formula is C27H33NO4. The van der Waals surface area contributed by atoms with Gasteiger partial charge in [-0.2, -0.15) is 0 Å². The molecule has 1 aliphatic carbocycles. The van der Waals surface area contributed by atoms with Gasteiger partial charge >= 0.3 is 5.97 Å². The van der Waals surface area contributed by atoms with Crippen molar-refractivity contribution < 1.29 is 18.7 Å². The van der Waals surface area contributed by atoms with E-state index in [-0.39, 0.29) is 17.8 Å². The van der Waals surface area contributed by atoms with Crippen molar-refractivity contribution in [3.05, 3.63) is 76.9 Å². The van der Waals surface area contributed by atoms with Crippen LogP contribution in [-0.2, 0) is 20.7 Å². The summed E-state index contributed by atoms with van der Waals surface area (Å²) in [5, 5.41) is 0. The number of hydrogen-bond acceptors (Lipinski definition) is 5. The van der Waals surface area contributed by atoms with Gasteiger partial charge in [0, 0.05) is 12.0 Å². The number of allylic oxidation sites excluding steroid dienone is 5. The van der Waals surface area contributed by atoms with E-state index in [1.165, 1.54) is 12.7 Å². The van der Waals surface area contributed by atoms with Gasteiger partial charge in [-0.05, 0) is 68.0 Å². The molecule has 0 N–H and O–H groups in total. The summed E-state index contributed by atoms with van der Waals surface area (Å²) in [5.74, 6) is 2.11. The summed E-state index contributed by atoms with van der Waals surface area (Å²) in [4.78, 5) is 16.7. The van der Waals surface area contributed by atoms with Gasteiger partial charge in [-0.3, -0.25) is 4.79 Å². The molecule has 3 rings (SSSR count). The van der Waals surface area contributed by atoms with Crippen LogP contribution in [0.4, 0.5) is 0 Å². The Kier molecular flexibility index (Phi) is 8.09. The highest BCUT2D eigenvalue weighted by Crippen LogP contribution is 2.32. The molecule has 0 aliphatic heterocycles. The minimum Gasteiger partial charge on any atom is -0.493 e. The summed E-state index contributed by atoms with van der Waals surface area (Å²) in [7, 11) is 1.45. The zero-order chi connectivity index (χ0) is 23.1. The molecule has 0 saturated carbocycles. The van der Waals surface area contributed by atoms with Crippen molar-refractivity contribution in [1.82, 2.24) is 4.98 Å². The minimum absolute atomic E-state index is 0.0877. The molecule has 0 spiro atoms. The molecule has 32 heavy (non-hydrogen) atoms. The number of oxazole rings is 1. The second kappa shape index (κ2) is 11.0. The first-order valence-corrected chi connectivity index (χ1v) is 11.3. The standard InChI is InChI=1S/C27H33NO4/c1-6-23(27(29)30-5)19(3)24-14-10-13-22(17-18(24)2)31-16-15-25-20(4)28-26(32-25)21-11-8-7-9-12-21/h7-9,11-14,17,19,23H,6,10,15-16H2,1-5H3. The van der Waals surface area contributed by atoms with Crippen LogP contribution in [0.15, 0.2) is 69.9 Å². The van der Waals surface area contributed by atoms with Crippen LogP contribution in [0.5, 0.6) is 0 Å². The summed E-state index contributed by atoms with van der Waals surface area (Å²) >= 11 is 0. The predicted octanol–water partition coefficient (Wildman–Crippen LogP) is 6.20. The third-order valence-electron chi connectivity index (χ3n) is 6.02. The number of esters is 1. The van der Waals surface area contributed by atoms with E-state index >= 15 is 0 Å². The van der Waals surface area contributed by atoms with Crippen molar-refractivity contribution in [1.29, 1.82) is 0 Å². The molecule has 1 heterocycles. The summed E-state index contributed by atoms with van der Waals surface area (Å²) in [6.07, 6.45) is 8.47. The van der Waals surface area contributed by atoms with Crippen LogP contribution in [0, 0.1) is 18.8 Å². The molecule has 1 aliphatic rings. The first kappa shape index (κ1) is 23.6. The molecule has 2 aromatic rings. The Bertz CT molecular complexity index is 1010. The number of aryl methyl sites for hydroxylation is 1. The lowest BCUT2D eigenvalue weighted by Crippen LogP contribution is -2.24. The second-order valence-electron chi connectivity index (χ2n) is 8.15. The number of rotatable bonds is 9. The van der Waals surface area contributed by atoms with E-state index in [1.54, 1.807) is 0 Å². The van der Waals surface area contributed by atoms with Crippen molar-refractivity contribution in [2.45, 2.75) is 47.0 Å². The van der Waals surface area contributed by atoms with E-state index in [9.17, 15) is 4.79 Å². The molecule has 0 bridgehead atoms. The Labute approximate surface area is 190 Å². The minimum atomic E-state index is -0.153. The van der Waals surface area contributed by atoms with E-state index in [2.05, 4.69) is 37.1 Å². The summed E-state index contributed by atoms with van der Waals surface area (Å²) < 4.78 is 17.0. The van der Waals surface area contributed by atoms with Crippen LogP contribution < -0.4 is 0 Å². The van der Waals surface area contributed by atoms with Gasteiger partial charge < -0.3 is 13.9 Å². The Morgan fingerprint density at radius 1 is 1.19 bits per heavy atom. The maximum atomic E-state index is 12.2. The molecule has 0 saturated heterocycles. The number of aromatic nitrogens is 1. The third-order valence-corrected chi connectivity index (χ3v) is 6.02. The molecular weight excluding hydrogens is 402 g/mol. The fraction of sp³-hybridized carbons (Fsp3) is 0.407. The summed E-state index contributed by atoms with van der Waals surface area (Å²) in [6.45, 7) is 8.66. The van der Waals surface area contributed by atoms with Crippen LogP contribution in [-0.4, -0.2) is 24.7 Å². The predicted molar refractivity (Wildman–Crippen MR) is 126 cm³/mol. The van der Waals surface area contributed by atoms with Gasteiger partial charge in [-0.1, -0.05) is 38.1 Å². The smallest absolute Gasteiger partial charge is 0.309 e. The van der Waals surface area contributed by atoms with Crippen molar-refractivity contribution >= 4 is 5.97 Å². The van der Waals surface area contributed by atoms with Crippen molar-refractivity contribution in [2.75, 3.05) is 13.7 Å². The molecule has 170 valence electrons. The largest absolute Gasteiger partial charge is 0.493 e. The molecule has 2 atom stereocenters. The topological polar surface area (TPSA) is 61.6 Å². The monoisotopic (exact) mass is 435 g/mol. The van der Waals surface area contributed by atoms with Crippen molar-refractivity contribution in [3.8, 4) is 11.5 Å². The van der Waals surface area contributed by atoms with Crippen LogP contribution in [0.1, 0.15) is 45.1 Å². The van der Waals surface area contributed by atoms with Crippen LogP contribution in [0.2, 0.25) is 0 Å². The lowest BCUT2D eigenvalue weighted by molar-refractivity contribution is -0.146. The molecule has 0 fully saturated rings. The van der Waals surface area contributed by atoms with Gasteiger partial charge in [-0.15, -0.1) is 0 Å². The highest BCUT2D eigenvalue weighted by Gasteiger charge is 2.27. The zero-order valence-electron chi connectivity index (χ0n) is 19.7. The SMILES string of the molecule is CCC(C(=O)OC)C(C)C1=CCC=C(OCCc2oc(-c3ccccc3)nc2C)C=C1C. The molecule has 1 aromatic heterocycles. The molecule has 0 radical (unpaired) electrons. The Morgan fingerprint density at radius 2 is 1.94 bits per heavy atom. The number of carbonyl (C=O) groups excluding carboxylic acids is 1. The fourth-order valence-corrected chi connectivity index (χ4v) is 4.18. The fourth-order valence-electron chi connectivity index (χ4n) is 4.18. The molecule has 1 aromatic carbocycles. The number of methoxy groups -OCH3 is 1. The van der Waals surface area contributed by atoms with Gasteiger partial charge in [0.15, 0.2) is 0 Å². The average molecular weight is 436 g/mol. The highest BCUT2D eigenvalue weighted by atomic mass is 16.5. The first-order valence-electron chi connectivity index (χ1n) is 11.3. The first-order chi connectivity index (χ1) is 15.4. The van der Waals surface area contributed by atoms with E-state index in [4.69, 9.17) is 13.9 Å². The molecule has 2 unspecified atom stereocenters. The van der Waals surface area contributed by atoms with Crippen LogP contribution >= 0.6 is 0 Å². The lowest BCUT2D eigenvalue weighted by atomic mass is 9.82. The van der Waals surface area contributed by atoms with Crippen LogP contribution in [0.3, 0.4) is 0 Å². The maximum Gasteiger partial charge on any atom is 0.309 e. The Hall–Kier alpha value is -3.08. The van der Waals surface area contributed by atoms with Crippen molar-refractivity contribution in [2.24, 2.45) is 11.8 Å². The molecule has 5 heteroatoms. The van der Waals surface area contributed by atoms with Gasteiger partial charge in [0.2, 0.25) is 5.89 Å². The van der Waals surface area contributed by atoms with E-state index < -0.39 is 0 Å². The van der Waals surface area contributed by atoms with Gasteiger partial charge in [0.25, 0.3) is 0 Å². The number of benzene rings is 1. The van der Waals surface area contributed by atoms with E-state index in [1.807, 2.05) is 44.2 Å². The average Bonchev–Trinajstić information content (AvgIpc) is 3.06. The Morgan fingerprint density at radius 3 is 2.62 bits per heavy atom. The lowest BCUT2D eigenvalue weighted by Gasteiger charge is -2.23. The normalized spacial score (nSPS) is 15.7. The summed E-state index contributed by atoms with van der Waals surface area (Å²) in [6, 6.07) is 9.90. The second-order valence-corrected chi connectivity index (χ2v) is 8.15. The number of nitrogens with zero attached hydrogens (tertiary/aromatic N) is 1.